The van der Waals surface area contributed by atoms with E-state index >= 15 is 0 Å². The zero-order valence-corrected chi connectivity index (χ0v) is 16.5. The van der Waals surface area contributed by atoms with Gasteiger partial charge in [0.15, 0.2) is 5.69 Å². The molecule has 28 heavy (non-hydrogen) atoms. The molecule has 1 N–H and O–H groups in total. The molecule has 0 spiro atoms. The smallest absolute Gasteiger partial charge is 0.268 e. The number of nitrogens with zero attached hydrogens (tertiary/aromatic N) is 3. The lowest BCUT2D eigenvalue weighted by Crippen LogP contribution is -2.18. The summed E-state index contributed by atoms with van der Waals surface area (Å²) in [5.74, 6) is -0.341. The topological polar surface area (TPSA) is 59.3 Å². The van der Waals surface area contributed by atoms with Crippen molar-refractivity contribution in [3.8, 4) is 0 Å². The maximum Gasteiger partial charge on any atom is 0.291 e. The van der Waals surface area contributed by atoms with Gasteiger partial charge in [-0.15, -0.1) is 0 Å². The number of carbonyl (C=O) groups excluding carboxylic acids is 1. The molecule has 1 heterocycles. The van der Waals surface area contributed by atoms with E-state index in [2.05, 4.69) is 37.6 Å². The van der Waals surface area contributed by atoms with Crippen LogP contribution in [0.2, 0.25) is 0 Å². The van der Waals surface area contributed by atoms with Gasteiger partial charge in [0.05, 0.1) is 12.8 Å². The van der Waals surface area contributed by atoms with Crippen molar-refractivity contribution in [1.82, 2.24) is 15.2 Å². The molecule has 0 bridgehead atoms. The molecule has 0 aliphatic heterocycles. The van der Waals surface area contributed by atoms with E-state index in [1.165, 1.54) is 5.39 Å². The molecule has 3 aromatic carbocycles. The number of aromatic nitrogens is 2. The summed E-state index contributed by atoms with van der Waals surface area (Å²) in [5.41, 5.74) is 4.88. The minimum absolute atomic E-state index is 0.327. The minimum Gasteiger partial charge on any atom is -0.268 e. The maximum atomic E-state index is 12.3. The number of carbonyl (C=O) groups is 1. The average molecular weight is 433 g/mol. The first-order valence-electron chi connectivity index (χ1n) is 8.77. The number of halogens is 1. The second-order valence-electron chi connectivity index (χ2n) is 6.33. The van der Waals surface area contributed by atoms with Gasteiger partial charge in [-0.3, -0.25) is 9.48 Å². The first-order chi connectivity index (χ1) is 13.7. The summed E-state index contributed by atoms with van der Waals surface area (Å²) in [7, 11) is 0. The third-order valence-corrected chi connectivity index (χ3v) is 4.81. The van der Waals surface area contributed by atoms with E-state index in [9.17, 15) is 4.79 Å². The fourth-order valence-corrected chi connectivity index (χ4v) is 3.12. The molecule has 1 amide bonds. The summed E-state index contributed by atoms with van der Waals surface area (Å²) in [6.45, 7) is 0.598. The first-order valence-corrected chi connectivity index (χ1v) is 9.57. The number of nitrogens with one attached hydrogen (secondary N) is 1. The molecule has 0 unspecified atom stereocenters. The van der Waals surface area contributed by atoms with Gasteiger partial charge in [0, 0.05) is 10.7 Å². The number of rotatable bonds is 5. The minimum atomic E-state index is -0.341. The molecule has 0 aliphatic rings. The lowest BCUT2D eigenvalue weighted by molar-refractivity contribution is 0.0949. The van der Waals surface area contributed by atoms with E-state index < -0.39 is 0 Å². The Morgan fingerprint density at radius 3 is 2.64 bits per heavy atom. The summed E-state index contributed by atoms with van der Waals surface area (Å²) in [5, 5.41) is 10.7. The van der Waals surface area contributed by atoms with Crippen LogP contribution in [0.3, 0.4) is 0 Å². The van der Waals surface area contributed by atoms with Crippen LogP contribution < -0.4 is 5.43 Å². The Hall–Kier alpha value is -3.25. The summed E-state index contributed by atoms with van der Waals surface area (Å²) in [6.07, 6.45) is 3.41. The van der Waals surface area contributed by atoms with Crippen LogP contribution in [0.4, 0.5) is 0 Å². The largest absolute Gasteiger partial charge is 0.291 e. The number of amides is 1. The van der Waals surface area contributed by atoms with Crippen molar-refractivity contribution in [2.45, 2.75) is 6.54 Å². The number of hydrogen-bond donors (Lipinski definition) is 1. The number of hydrogen-bond acceptors (Lipinski definition) is 3. The number of fused-ring (bicyclic) bond motifs is 1. The van der Waals surface area contributed by atoms with Gasteiger partial charge in [-0.25, -0.2) is 5.43 Å². The normalized spacial score (nSPS) is 11.2. The second-order valence-corrected chi connectivity index (χ2v) is 7.25. The highest BCUT2D eigenvalue weighted by Crippen LogP contribution is 2.14. The third kappa shape index (κ3) is 4.35. The van der Waals surface area contributed by atoms with Crippen molar-refractivity contribution >= 4 is 38.8 Å². The Morgan fingerprint density at radius 2 is 1.82 bits per heavy atom. The fourth-order valence-electron chi connectivity index (χ4n) is 2.86. The standard InChI is InChI=1S/C22H17BrN4O/c23-20-9-6-16(7-10-20)15-27-12-11-21(26-27)22(28)25-24-14-17-5-8-18-3-1-2-4-19(18)13-17/h1-14H,15H2,(H,25,28). The van der Waals surface area contributed by atoms with Gasteiger partial charge >= 0.3 is 0 Å². The molecule has 0 fully saturated rings. The van der Waals surface area contributed by atoms with Crippen molar-refractivity contribution in [3.63, 3.8) is 0 Å². The summed E-state index contributed by atoms with van der Waals surface area (Å²) < 4.78 is 2.76. The van der Waals surface area contributed by atoms with E-state index in [-0.39, 0.29) is 5.91 Å². The van der Waals surface area contributed by atoms with E-state index in [0.29, 0.717) is 12.2 Å². The van der Waals surface area contributed by atoms with E-state index in [1.54, 1.807) is 23.2 Å². The van der Waals surface area contributed by atoms with Gasteiger partial charge in [0.25, 0.3) is 5.91 Å². The molecule has 0 atom stereocenters. The molecule has 5 nitrogen and oxygen atoms in total. The Kier molecular flexibility index (Phi) is 5.30. The maximum absolute atomic E-state index is 12.3. The molecule has 0 saturated heterocycles. The van der Waals surface area contributed by atoms with Crippen LogP contribution in [-0.4, -0.2) is 21.9 Å². The Balaban J connectivity index is 1.38. The van der Waals surface area contributed by atoms with Crippen LogP contribution in [0.1, 0.15) is 21.6 Å². The van der Waals surface area contributed by atoms with Crippen molar-refractivity contribution in [2.75, 3.05) is 0 Å². The monoisotopic (exact) mass is 432 g/mol. The van der Waals surface area contributed by atoms with Crippen LogP contribution in [-0.2, 0) is 6.54 Å². The lowest BCUT2D eigenvalue weighted by Gasteiger charge is -2.02. The molecular weight excluding hydrogens is 416 g/mol. The second kappa shape index (κ2) is 8.19. The van der Waals surface area contributed by atoms with Crippen molar-refractivity contribution in [3.05, 3.63) is 100 Å². The van der Waals surface area contributed by atoms with E-state index in [4.69, 9.17) is 0 Å². The highest BCUT2D eigenvalue weighted by molar-refractivity contribution is 9.10. The fraction of sp³-hybridized carbons (Fsp3) is 0.0455. The molecule has 6 heteroatoms. The molecule has 1 aromatic heterocycles. The summed E-state index contributed by atoms with van der Waals surface area (Å²) in [6, 6.07) is 23.8. The highest BCUT2D eigenvalue weighted by Gasteiger charge is 2.08. The molecule has 0 aliphatic carbocycles. The number of benzene rings is 3. The van der Waals surface area contributed by atoms with Gasteiger partial charge in [-0.2, -0.15) is 10.2 Å². The lowest BCUT2D eigenvalue weighted by atomic mass is 10.1. The van der Waals surface area contributed by atoms with E-state index in [0.717, 1.165) is 21.0 Å². The van der Waals surface area contributed by atoms with Crippen molar-refractivity contribution in [1.29, 1.82) is 0 Å². The van der Waals surface area contributed by atoms with E-state index in [1.807, 2.05) is 60.7 Å². The summed E-state index contributed by atoms with van der Waals surface area (Å²) in [4.78, 5) is 12.3. The molecular formula is C22H17BrN4O. The van der Waals surface area contributed by atoms with Crippen molar-refractivity contribution in [2.24, 2.45) is 5.10 Å². The predicted molar refractivity (Wildman–Crippen MR) is 114 cm³/mol. The zero-order valence-electron chi connectivity index (χ0n) is 14.9. The average Bonchev–Trinajstić information content (AvgIpc) is 3.18. The SMILES string of the molecule is O=C(NN=Cc1ccc2ccccc2c1)c1ccn(Cc2ccc(Br)cc2)n1. The number of hydrazone groups is 1. The summed E-state index contributed by atoms with van der Waals surface area (Å²) >= 11 is 3.42. The Bertz CT molecular complexity index is 1150. The Labute approximate surface area is 170 Å². The highest BCUT2D eigenvalue weighted by atomic mass is 79.9. The van der Waals surface area contributed by atoms with Gasteiger partial charge in [0.2, 0.25) is 0 Å². The van der Waals surface area contributed by atoms with Crippen LogP contribution >= 0.6 is 15.9 Å². The van der Waals surface area contributed by atoms with Crippen molar-refractivity contribution < 1.29 is 4.79 Å². The van der Waals surface area contributed by atoms with Gasteiger partial charge < -0.3 is 0 Å². The molecule has 0 radical (unpaired) electrons. The van der Waals surface area contributed by atoms with Gasteiger partial charge in [0.1, 0.15) is 0 Å². The van der Waals surface area contributed by atoms with Gasteiger partial charge in [-0.1, -0.05) is 64.5 Å². The third-order valence-electron chi connectivity index (χ3n) is 4.28. The molecule has 0 saturated carbocycles. The first kappa shape index (κ1) is 18.1. The predicted octanol–water partition coefficient (Wildman–Crippen LogP) is 4.61. The molecule has 138 valence electrons. The molecule has 4 aromatic rings. The van der Waals surface area contributed by atoms with Crippen LogP contribution in [0.5, 0.6) is 0 Å². The van der Waals surface area contributed by atoms with Crippen LogP contribution in [0.25, 0.3) is 10.8 Å². The quantitative estimate of drug-likeness (QED) is 0.369. The van der Waals surface area contributed by atoms with Crippen LogP contribution in [0, 0.1) is 0 Å². The van der Waals surface area contributed by atoms with Gasteiger partial charge in [-0.05, 0) is 46.2 Å². The van der Waals surface area contributed by atoms with Crippen LogP contribution in [0.15, 0.2) is 88.6 Å². The zero-order chi connectivity index (χ0) is 19.3. The molecule has 4 rings (SSSR count). The Morgan fingerprint density at radius 1 is 1.04 bits per heavy atom.